The molecule has 7 heteroatoms. The maximum atomic E-state index is 13.3. The Morgan fingerprint density at radius 1 is 1.13 bits per heavy atom. The van der Waals surface area contributed by atoms with Gasteiger partial charge >= 0.3 is 11.9 Å². The highest BCUT2D eigenvalue weighted by atomic mass is 19.2. The van der Waals surface area contributed by atoms with Gasteiger partial charge in [-0.2, -0.15) is 0 Å². The fourth-order valence-corrected chi connectivity index (χ4v) is 2.60. The lowest BCUT2D eigenvalue weighted by Crippen LogP contribution is -2.46. The first kappa shape index (κ1) is 16.5. The highest BCUT2D eigenvalue weighted by Gasteiger charge is 2.52. The predicted molar refractivity (Wildman–Crippen MR) is 74.8 cm³/mol. The molecule has 0 aliphatic heterocycles. The molecule has 0 aromatic heterocycles. The summed E-state index contributed by atoms with van der Waals surface area (Å²) in [6.07, 6.45) is 3.43. The number of carboxylic acids is 2. The largest absolute Gasteiger partial charge is 0.480 e. The van der Waals surface area contributed by atoms with Crippen molar-refractivity contribution in [2.45, 2.75) is 6.92 Å². The number of rotatable bonds is 4. The Bertz CT molecular complexity index is 766. The van der Waals surface area contributed by atoms with Gasteiger partial charge < -0.3 is 10.2 Å². The molecule has 0 bridgehead atoms. The molecular formula is C16H12F2O5. The van der Waals surface area contributed by atoms with Crippen LogP contribution in [0.3, 0.4) is 0 Å². The number of carbonyl (C=O) groups excluding carboxylic acids is 1. The molecule has 23 heavy (non-hydrogen) atoms. The maximum absolute atomic E-state index is 13.3. The SMILES string of the molecule is CC1C(C(=O)O)=CC=CC1(C(=O)O)C(=O)c1ccc(F)c(F)c1. The first-order valence-corrected chi connectivity index (χ1v) is 6.57. The van der Waals surface area contributed by atoms with Crippen molar-refractivity contribution < 1.29 is 33.4 Å². The lowest BCUT2D eigenvalue weighted by molar-refractivity contribution is -0.145. The Morgan fingerprint density at radius 2 is 1.78 bits per heavy atom. The Kier molecular flexibility index (Phi) is 4.14. The lowest BCUT2D eigenvalue weighted by atomic mass is 9.66. The lowest BCUT2D eigenvalue weighted by Gasteiger charge is -2.33. The van der Waals surface area contributed by atoms with Gasteiger partial charge in [0.15, 0.2) is 22.8 Å². The van der Waals surface area contributed by atoms with Crippen LogP contribution in [0.2, 0.25) is 0 Å². The van der Waals surface area contributed by atoms with Gasteiger partial charge in [0.05, 0.1) is 0 Å². The molecule has 2 N–H and O–H groups in total. The zero-order chi connectivity index (χ0) is 17.4. The summed E-state index contributed by atoms with van der Waals surface area (Å²) in [5.74, 6) is -7.60. The van der Waals surface area contributed by atoms with Crippen molar-refractivity contribution in [3.8, 4) is 0 Å². The molecule has 1 aliphatic carbocycles. The van der Waals surface area contributed by atoms with Crippen LogP contribution in [0.15, 0.2) is 42.0 Å². The van der Waals surface area contributed by atoms with Crippen molar-refractivity contribution in [1.82, 2.24) is 0 Å². The van der Waals surface area contributed by atoms with Crippen LogP contribution in [-0.4, -0.2) is 27.9 Å². The number of hydrogen-bond acceptors (Lipinski definition) is 3. The molecule has 5 nitrogen and oxygen atoms in total. The number of allylic oxidation sites excluding steroid dienone is 2. The molecule has 0 heterocycles. The van der Waals surface area contributed by atoms with Gasteiger partial charge in [-0.3, -0.25) is 9.59 Å². The van der Waals surface area contributed by atoms with Crippen LogP contribution < -0.4 is 0 Å². The molecule has 0 saturated heterocycles. The summed E-state index contributed by atoms with van der Waals surface area (Å²) in [6, 6.07) is 2.27. The second-order valence-electron chi connectivity index (χ2n) is 5.14. The maximum Gasteiger partial charge on any atom is 0.331 e. The Labute approximate surface area is 129 Å². The molecule has 1 aromatic carbocycles. The van der Waals surface area contributed by atoms with E-state index < -0.39 is 40.7 Å². The molecule has 120 valence electrons. The number of halogens is 2. The summed E-state index contributed by atoms with van der Waals surface area (Å²) in [4.78, 5) is 35.6. The third kappa shape index (κ3) is 2.54. The van der Waals surface area contributed by atoms with E-state index in [1.54, 1.807) is 0 Å². The van der Waals surface area contributed by atoms with E-state index in [0.717, 1.165) is 18.2 Å². The summed E-state index contributed by atoms with van der Waals surface area (Å²) in [5, 5.41) is 18.7. The zero-order valence-electron chi connectivity index (χ0n) is 11.9. The standard InChI is InChI=1S/C16H12F2O5/c1-8-10(14(20)21)3-2-6-16(8,15(22)23)13(19)9-4-5-11(17)12(18)7-9/h2-8H,1H3,(H,20,21)(H,22,23). The summed E-state index contributed by atoms with van der Waals surface area (Å²) < 4.78 is 26.3. The fraction of sp³-hybridized carbons (Fsp3) is 0.188. The number of hydrogen-bond donors (Lipinski definition) is 2. The summed E-state index contributed by atoms with van der Waals surface area (Å²) in [5.41, 5.74) is -2.81. The average Bonchev–Trinajstić information content (AvgIpc) is 2.49. The summed E-state index contributed by atoms with van der Waals surface area (Å²) in [7, 11) is 0. The van der Waals surface area contributed by atoms with Gasteiger partial charge in [0.2, 0.25) is 0 Å². The molecule has 2 atom stereocenters. The Hall–Kier alpha value is -2.83. The quantitative estimate of drug-likeness (QED) is 0.656. The van der Waals surface area contributed by atoms with Crippen LogP contribution in [0.5, 0.6) is 0 Å². The van der Waals surface area contributed by atoms with Gasteiger partial charge in [0.25, 0.3) is 0 Å². The molecule has 0 radical (unpaired) electrons. The second kappa shape index (κ2) is 5.75. The van der Waals surface area contributed by atoms with Gasteiger partial charge in [0, 0.05) is 17.1 Å². The molecule has 0 saturated carbocycles. The second-order valence-corrected chi connectivity index (χ2v) is 5.14. The van der Waals surface area contributed by atoms with E-state index in [-0.39, 0.29) is 11.1 Å². The van der Waals surface area contributed by atoms with E-state index >= 15 is 0 Å². The van der Waals surface area contributed by atoms with Gasteiger partial charge in [-0.15, -0.1) is 0 Å². The first-order chi connectivity index (χ1) is 10.7. The minimum atomic E-state index is -2.20. The van der Waals surface area contributed by atoms with Crippen molar-refractivity contribution in [2.24, 2.45) is 11.3 Å². The molecule has 1 aromatic rings. The number of ketones is 1. The Morgan fingerprint density at radius 3 is 2.30 bits per heavy atom. The van der Waals surface area contributed by atoms with E-state index in [2.05, 4.69) is 0 Å². The molecular weight excluding hydrogens is 310 g/mol. The minimum Gasteiger partial charge on any atom is -0.480 e. The molecule has 0 fully saturated rings. The monoisotopic (exact) mass is 322 g/mol. The molecule has 0 amide bonds. The van der Waals surface area contributed by atoms with Crippen LogP contribution in [0, 0.1) is 23.0 Å². The van der Waals surface area contributed by atoms with Crippen molar-refractivity contribution in [3.05, 3.63) is 59.2 Å². The van der Waals surface area contributed by atoms with Gasteiger partial charge in [-0.25, -0.2) is 13.6 Å². The highest BCUT2D eigenvalue weighted by molar-refractivity contribution is 6.15. The third-order valence-corrected chi connectivity index (χ3v) is 3.94. The number of benzene rings is 1. The molecule has 2 rings (SSSR count). The van der Waals surface area contributed by atoms with Crippen LogP contribution >= 0.6 is 0 Å². The van der Waals surface area contributed by atoms with Crippen molar-refractivity contribution >= 4 is 17.7 Å². The first-order valence-electron chi connectivity index (χ1n) is 6.57. The summed E-state index contributed by atoms with van der Waals surface area (Å²) in [6.45, 7) is 1.29. The molecule has 0 spiro atoms. The predicted octanol–water partition coefficient (Wildman–Crippen LogP) is 2.44. The number of Topliss-reactive ketones (excluding diaryl/α,β-unsaturated/α-hetero) is 1. The number of carbonyl (C=O) groups is 3. The van der Waals surface area contributed by atoms with Gasteiger partial charge in [-0.05, 0) is 18.2 Å². The van der Waals surface area contributed by atoms with E-state index in [4.69, 9.17) is 5.11 Å². The van der Waals surface area contributed by atoms with E-state index in [1.807, 2.05) is 0 Å². The smallest absolute Gasteiger partial charge is 0.331 e. The van der Waals surface area contributed by atoms with Gasteiger partial charge in [0.1, 0.15) is 0 Å². The van der Waals surface area contributed by atoms with E-state index in [9.17, 15) is 28.3 Å². The number of aliphatic carboxylic acids is 2. The van der Waals surface area contributed by atoms with Crippen LogP contribution in [0.25, 0.3) is 0 Å². The van der Waals surface area contributed by atoms with E-state index in [0.29, 0.717) is 12.1 Å². The minimum absolute atomic E-state index is 0.258. The normalized spacial score (nSPS) is 23.3. The average molecular weight is 322 g/mol. The number of carboxylic acid groups (broad SMARTS) is 2. The highest BCUT2D eigenvalue weighted by Crippen LogP contribution is 2.41. The van der Waals surface area contributed by atoms with Crippen LogP contribution in [-0.2, 0) is 9.59 Å². The van der Waals surface area contributed by atoms with Gasteiger partial charge in [-0.1, -0.05) is 25.2 Å². The molecule has 1 aliphatic rings. The summed E-state index contributed by atoms with van der Waals surface area (Å²) >= 11 is 0. The van der Waals surface area contributed by atoms with Crippen LogP contribution in [0.1, 0.15) is 17.3 Å². The topological polar surface area (TPSA) is 91.7 Å². The van der Waals surface area contributed by atoms with E-state index in [1.165, 1.54) is 13.0 Å². The third-order valence-electron chi connectivity index (χ3n) is 3.94. The van der Waals surface area contributed by atoms with Crippen molar-refractivity contribution in [1.29, 1.82) is 0 Å². The van der Waals surface area contributed by atoms with Crippen LogP contribution in [0.4, 0.5) is 8.78 Å². The Balaban J connectivity index is 2.58. The fourth-order valence-electron chi connectivity index (χ4n) is 2.60. The zero-order valence-corrected chi connectivity index (χ0v) is 11.9. The van der Waals surface area contributed by atoms with Crippen molar-refractivity contribution in [3.63, 3.8) is 0 Å². The molecule has 2 unspecified atom stereocenters. The van der Waals surface area contributed by atoms with Crippen molar-refractivity contribution in [2.75, 3.05) is 0 Å².